The molecule has 4 nitrogen and oxygen atoms in total. The number of carbonyl (C=O) groups excluding carboxylic acids is 1. The Bertz CT molecular complexity index is 548. The van der Waals surface area contributed by atoms with E-state index in [4.69, 9.17) is 9.47 Å². The van der Waals surface area contributed by atoms with Crippen LogP contribution in [0.3, 0.4) is 0 Å². The molecule has 2 rings (SSSR count). The highest BCUT2D eigenvalue weighted by atomic mass is 32.1. The first-order valence-corrected chi connectivity index (χ1v) is 6.83. The molecule has 1 aromatic carbocycles. The van der Waals surface area contributed by atoms with Gasteiger partial charge in [-0.25, -0.2) is 9.78 Å². The molecule has 0 radical (unpaired) electrons. The SMILES string of the molecule is CCOC(=O)c1csc(-c2ccc(COC)cc2)n1. The minimum absolute atomic E-state index is 0.359. The lowest BCUT2D eigenvalue weighted by atomic mass is 10.1. The van der Waals surface area contributed by atoms with Crippen molar-refractivity contribution >= 4 is 17.3 Å². The Labute approximate surface area is 116 Å². The van der Waals surface area contributed by atoms with Crippen molar-refractivity contribution in [2.75, 3.05) is 13.7 Å². The van der Waals surface area contributed by atoms with Gasteiger partial charge in [0, 0.05) is 18.1 Å². The summed E-state index contributed by atoms with van der Waals surface area (Å²) in [6, 6.07) is 7.93. The van der Waals surface area contributed by atoms with Gasteiger partial charge in [0.25, 0.3) is 0 Å². The predicted octanol–water partition coefficient (Wildman–Crippen LogP) is 3.13. The van der Waals surface area contributed by atoms with Crippen LogP contribution in [0.5, 0.6) is 0 Å². The summed E-state index contributed by atoms with van der Waals surface area (Å²) in [5.74, 6) is -0.374. The molecule has 0 aliphatic carbocycles. The fourth-order valence-corrected chi connectivity index (χ4v) is 2.41. The summed E-state index contributed by atoms with van der Waals surface area (Å²) in [5, 5.41) is 2.53. The predicted molar refractivity (Wildman–Crippen MR) is 74.2 cm³/mol. The fraction of sp³-hybridized carbons (Fsp3) is 0.286. The quantitative estimate of drug-likeness (QED) is 0.788. The molecule has 19 heavy (non-hydrogen) atoms. The Morgan fingerprint density at radius 1 is 1.32 bits per heavy atom. The zero-order chi connectivity index (χ0) is 13.7. The smallest absolute Gasteiger partial charge is 0.357 e. The number of ether oxygens (including phenoxy) is 2. The number of benzene rings is 1. The second-order valence-corrected chi connectivity index (χ2v) is 4.75. The van der Waals surface area contributed by atoms with Gasteiger partial charge in [0.05, 0.1) is 13.2 Å². The minimum Gasteiger partial charge on any atom is -0.461 e. The summed E-state index contributed by atoms with van der Waals surface area (Å²) in [4.78, 5) is 15.8. The summed E-state index contributed by atoms with van der Waals surface area (Å²) >= 11 is 1.43. The Balaban J connectivity index is 2.15. The number of carbonyl (C=O) groups is 1. The third-order valence-electron chi connectivity index (χ3n) is 2.50. The van der Waals surface area contributed by atoms with Crippen LogP contribution in [-0.4, -0.2) is 24.7 Å². The van der Waals surface area contributed by atoms with Crippen molar-refractivity contribution in [3.8, 4) is 10.6 Å². The number of rotatable bonds is 5. The van der Waals surface area contributed by atoms with Crippen molar-refractivity contribution in [3.05, 3.63) is 40.9 Å². The van der Waals surface area contributed by atoms with E-state index in [1.165, 1.54) is 11.3 Å². The van der Waals surface area contributed by atoms with E-state index in [0.29, 0.717) is 18.9 Å². The Morgan fingerprint density at radius 2 is 2.05 bits per heavy atom. The molecule has 1 heterocycles. The molecule has 0 N–H and O–H groups in total. The van der Waals surface area contributed by atoms with Gasteiger partial charge in [0.2, 0.25) is 0 Å². The first-order chi connectivity index (χ1) is 9.24. The van der Waals surface area contributed by atoms with Gasteiger partial charge in [-0.15, -0.1) is 11.3 Å². The third-order valence-corrected chi connectivity index (χ3v) is 3.39. The summed E-state index contributed by atoms with van der Waals surface area (Å²) in [6.45, 7) is 2.73. The highest BCUT2D eigenvalue weighted by Gasteiger charge is 2.12. The van der Waals surface area contributed by atoms with Gasteiger partial charge in [0.1, 0.15) is 5.01 Å². The number of methoxy groups -OCH3 is 1. The van der Waals surface area contributed by atoms with Crippen LogP contribution in [0.25, 0.3) is 10.6 Å². The van der Waals surface area contributed by atoms with Crippen molar-refractivity contribution in [3.63, 3.8) is 0 Å². The molecule has 0 aliphatic rings. The monoisotopic (exact) mass is 277 g/mol. The molecule has 0 spiro atoms. The molecular weight excluding hydrogens is 262 g/mol. The Kier molecular flexibility index (Phi) is 4.65. The normalized spacial score (nSPS) is 10.4. The molecule has 5 heteroatoms. The van der Waals surface area contributed by atoms with E-state index in [-0.39, 0.29) is 5.97 Å². The number of hydrogen-bond donors (Lipinski definition) is 0. The van der Waals surface area contributed by atoms with Crippen LogP contribution in [0.2, 0.25) is 0 Å². The molecule has 0 aliphatic heterocycles. The number of nitrogens with zero attached hydrogens (tertiary/aromatic N) is 1. The molecule has 0 amide bonds. The average Bonchev–Trinajstić information content (AvgIpc) is 2.90. The average molecular weight is 277 g/mol. The van der Waals surface area contributed by atoms with E-state index >= 15 is 0 Å². The van der Waals surface area contributed by atoms with E-state index in [2.05, 4.69) is 4.98 Å². The standard InChI is InChI=1S/C14H15NO3S/c1-3-18-14(16)12-9-19-13(15-12)11-6-4-10(5-7-11)8-17-2/h4-7,9H,3,8H2,1-2H3. The number of thiazole rings is 1. The first-order valence-electron chi connectivity index (χ1n) is 5.95. The van der Waals surface area contributed by atoms with E-state index in [1.54, 1.807) is 19.4 Å². The van der Waals surface area contributed by atoms with E-state index in [0.717, 1.165) is 16.1 Å². The van der Waals surface area contributed by atoms with Gasteiger partial charge in [0.15, 0.2) is 5.69 Å². The molecular formula is C14H15NO3S. The van der Waals surface area contributed by atoms with Crippen LogP contribution in [0, 0.1) is 0 Å². The number of hydrogen-bond acceptors (Lipinski definition) is 5. The summed E-state index contributed by atoms with van der Waals surface area (Å²) in [6.07, 6.45) is 0. The molecule has 0 saturated heterocycles. The first kappa shape index (κ1) is 13.7. The van der Waals surface area contributed by atoms with Crippen molar-refractivity contribution in [1.29, 1.82) is 0 Å². The van der Waals surface area contributed by atoms with Crippen LogP contribution < -0.4 is 0 Å². The van der Waals surface area contributed by atoms with Crippen LogP contribution >= 0.6 is 11.3 Å². The van der Waals surface area contributed by atoms with Gasteiger partial charge >= 0.3 is 5.97 Å². The maximum Gasteiger partial charge on any atom is 0.357 e. The zero-order valence-electron chi connectivity index (χ0n) is 10.9. The summed E-state index contributed by atoms with van der Waals surface area (Å²) in [5.41, 5.74) is 2.46. The van der Waals surface area contributed by atoms with E-state index in [9.17, 15) is 4.79 Å². The number of aromatic nitrogens is 1. The Hall–Kier alpha value is -1.72. The van der Waals surface area contributed by atoms with Crippen LogP contribution in [0.1, 0.15) is 23.0 Å². The van der Waals surface area contributed by atoms with Crippen LogP contribution in [0.4, 0.5) is 0 Å². The molecule has 100 valence electrons. The topological polar surface area (TPSA) is 48.4 Å². The summed E-state index contributed by atoms with van der Waals surface area (Å²) < 4.78 is 9.98. The highest BCUT2D eigenvalue weighted by Crippen LogP contribution is 2.24. The van der Waals surface area contributed by atoms with Crippen LogP contribution in [-0.2, 0) is 16.1 Å². The Morgan fingerprint density at radius 3 is 2.68 bits per heavy atom. The van der Waals surface area contributed by atoms with Gasteiger partial charge in [-0.1, -0.05) is 24.3 Å². The van der Waals surface area contributed by atoms with Crippen molar-refractivity contribution < 1.29 is 14.3 Å². The lowest BCUT2D eigenvalue weighted by molar-refractivity contribution is 0.0520. The van der Waals surface area contributed by atoms with Crippen molar-refractivity contribution in [2.45, 2.75) is 13.5 Å². The van der Waals surface area contributed by atoms with Crippen LogP contribution in [0.15, 0.2) is 29.6 Å². The lowest BCUT2D eigenvalue weighted by Crippen LogP contribution is -2.04. The van der Waals surface area contributed by atoms with Gasteiger partial charge in [-0.3, -0.25) is 0 Å². The molecule has 0 unspecified atom stereocenters. The molecule has 0 bridgehead atoms. The number of esters is 1. The fourth-order valence-electron chi connectivity index (χ4n) is 1.62. The molecule has 0 atom stereocenters. The second-order valence-electron chi connectivity index (χ2n) is 3.89. The van der Waals surface area contributed by atoms with Gasteiger partial charge in [-0.2, -0.15) is 0 Å². The molecule has 2 aromatic rings. The van der Waals surface area contributed by atoms with E-state index < -0.39 is 0 Å². The minimum atomic E-state index is -0.374. The molecule has 0 saturated carbocycles. The van der Waals surface area contributed by atoms with Gasteiger partial charge < -0.3 is 9.47 Å². The molecule has 1 aromatic heterocycles. The van der Waals surface area contributed by atoms with Crippen molar-refractivity contribution in [1.82, 2.24) is 4.98 Å². The van der Waals surface area contributed by atoms with E-state index in [1.807, 2.05) is 24.3 Å². The maximum absolute atomic E-state index is 11.5. The zero-order valence-corrected chi connectivity index (χ0v) is 11.7. The molecule has 0 fully saturated rings. The van der Waals surface area contributed by atoms with Gasteiger partial charge in [-0.05, 0) is 12.5 Å². The third kappa shape index (κ3) is 3.39. The highest BCUT2D eigenvalue weighted by molar-refractivity contribution is 7.13. The lowest BCUT2D eigenvalue weighted by Gasteiger charge is -2.01. The van der Waals surface area contributed by atoms with Crippen molar-refractivity contribution in [2.24, 2.45) is 0 Å². The summed E-state index contributed by atoms with van der Waals surface area (Å²) in [7, 11) is 1.67. The second kappa shape index (κ2) is 6.45. The largest absolute Gasteiger partial charge is 0.461 e. The maximum atomic E-state index is 11.5.